The van der Waals surface area contributed by atoms with Gasteiger partial charge in [-0.2, -0.15) is 11.8 Å². The van der Waals surface area contributed by atoms with Crippen LogP contribution in [0.1, 0.15) is 30.1 Å². The predicted molar refractivity (Wildman–Crippen MR) is 84.8 cm³/mol. The molecule has 0 amide bonds. The minimum Gasteiger partial charge on any atom is -0.332 e. The van der Waals surface area contributed by atoms with Crippen LogP contribution in [0.25, 0.3) is 0 Å². The van der Waals surface area contributed by atoms with E-state index < -0.39 is 0 Å². The van der Waals surface area contributed by atoms with Crippen molar-refractivity contribution in [1.29, 1.82) is 0 Å². The molecule has 1 saturated heterocycles. The van der Waals surface area contributed by atoms with Crippen molar-refractivity contribution in [3.8, 4) is 0 Å². The molecule has 0 saturated carbocycles. The summed E-state index contributed by atoms with van der Waals surface area (Å²) in [6.07, 6.45) is 7.38. The summed E-state index contributed by atoms with van der Waals surface area (Å²) in [6, 6.07) is 10.5. The van der Waals surface area contributed by atoms with Crippen LogP contribution in [0.15, 0.2) is 42.9 Å². The molecule has 0 radical (unpaired) electrons. The van der Waals surface area contributed by atoms with E-state index in [0.717, 1.165) is 23.9 Å². The Hall–Kier alpha value is -1.26. The summed E-state index contributed by atoms with van der Waals surface area (Å²) >= 11 is 2.08. The zero-order valence-electron chi connectivity index (χ0n) is 11.6. The maximum absolute atomic E-state index is 6.38. The number of nitrogens with zero attached hydrogens (tertiary/aromatic N) is 2. The zero-order valence-corrected chi connectivity index (χ0v) is 12.4. The molecule has 3 rings (SSSR count). The van der Waals surface area contributed by atoms with Crippen molar-refractivity contribution in [2.75, 3.05) is 5.75 Å². The van der Waals surface area contributed by atoms with Crippen molar-refractivity contribution in [2.24, 2.45) is 5.73 Å². The van der Waals surface area contributed by atoms with Crippen LogP contribution in [0.4, 0.5) is 0 Å². The molecule has 3 nitrogen and oxygen atoms in total. The molecule has 2 N–H and O–H groups in total. The van der Waals surface area contributed by atoms with E-state index in [4.69, 9.17) is 5.73 Å². The van der Waals surface area contributed by atoms with Crippen LogP contribution >= 0.6 is 11.8 Å². The molecule has 1 aliphatic rings. The number of hydrogen-bond acceptors (Lipinski definition) is 3. The third-order valence-electron chi connectivity index (χ3n) is 3.85. The van der Waals surface area contributed by atoms with Gasteiger partial charge in [-0.3, -0.25) is 0 Å². The van der Waals surface area contributed by atoms with E-state index in [1.165, 1.54) is 24.2 Å². The van der Waals surface area contributed by atoms with E-state index in [9.17, 15) is 0 Å². The van der Waals surface area contributed by atoms with Crippen molar-refractivity contribution in [3.63, 3.8) is 0 Å². The first-order chi connectivity index (χ1) is 9.83. The van der Waals surface area contributed by atoms with Crippen LogP contribution in [0.3, 0.4) is 0 Å². The lowest BCUT2D eigenvalue weighted by Gasteiger charge is -2.17. The highest BCUT2D eigenvalue weighted by molar-refractivity contribution is 8.00. The van der Waals surface area contributed by atoms with Crippen molar-refractivity contribution in [3.05, 3.63) is 54.1 Å². The van der Waals surface area contributed by atoms with Crippen LogP contribution in [0.2, 0.25) is 0 Å². The highest BCUT2D eigenvalue weighted by atomic mass is 32.2. The van der Waals surface area contributed by atoms with E-state index in [0.29, 0.717) is 0 Å². The second kappa shape index (κ2) is 6.46. The van der Waals surface area contributed by atoms with Crippen LogP contribution in [0, 0.1) is 0 Å². The summed E-state index contributed by atoms with van der Waals surface area (Å²) in [4.78, 5) is 4.30. The summed E-state index contributed by atoms with van der Waals surface area (Å²) in [5, 5.41) is 0.729. The molecular formula is C16H21N3S. The minimum absolute atomic E-state index is 0.0197. The summed E-state index contributed by atoms with van der Waals surface area (Å²) < 4.78 is 2.25. The van der Waals surface area contributed by atoms with E-state index in [1.807, 2.05) is 18.6 Å². The molecular weight excluding hydrogens is 266 g/mol. The molecule has 0 bridgehead atoms. The third-order valence-corrected chi connectivity index (χ3v) is 5.23. The molecule has 1 aromatic heterocycles. The molecule has 106 valence electrons. The zero-order chi connectivity index (χ0) is 13.8. The van der Waals surface area contributed by atoms with Crippen molar-refractivity contribution < 1.29 is 0 Å². The Bertz CT molecular complexity index is 532. The Balaban J connectivity index is 1.68. The number of imidazole rings is 1. The average Bonchev–Trinajstić information content (AvgIpc) is 3.12. The SMILES string of the molecule is N[C@H](Cc1ccccc1)c1cncn1CC1CCCS1. The molecule has 1 fully saturated rings. The van der Waals surface area contributed by atoms with Gasteiger partial charge in [-0.15, -0.1) is 0 Å². The highest BCUT2D eigenvalue weighted by Crippen LogP contribution is 2.28. The summed E-state index contributed by atoms with van der Waals surface area (Å²) in [7, 11) is 0. The van der Waals surface area contributed by atoms with E-state index in [-0.39, 0.29) is 6.04 Å². The second-order valence-corrected chi connectivity index (χ2v) is 6.81. The van der Waals surface area contributed by atoms with Gasteiger partial charge in [0.1, 0.15) is 0 Å². The largest absolute Gasteiger partial charge is 0.332 e. The Morgan fingerprint density at radius 3 is 2.95 bits per heavy atom. The number of nitrogens with two attached hydrogens (primary N) is 1. The van der Waals surface area contributed by atoms with Crippen LogP contribution < -0.4 is 5.73 Å². The van der Waals surface area contributed by atoms with Gasteiger partial charge in [0.2, 0.25) is 0 Å². The summed E-state index contributed by atoms with van der Waals surface area (Å²) in [5.41, 5.74) is 8.81. The lowest BCUT2D eigenvalue weighted by atomic mass is 10.0. The quantitative estimate of drug-likeness (QED) is 0.919. The molecule has 1 unspecified atom stereocenters. The van der Waals surface area contributed by atoms with E-state index in [2.05, 4.69) is 45.6 Å². The Morgan fingerprint density at radius 2 is 2.20 bits per heavy atom. The fourth-order valence-electron chi connectivity index (χ4n) is 2.77. The molecule has 2 heterocycles. The van der Waals surface area contributed by atoms with Crippen LogP contribution in [0.5, 0.6) is 0 Å². The molecule has 2 atom stereocenters. The first-order valence-corrected chi connectivity index (χ1v) is 8.29. The van der Waals surface area contributed by atoms with Gasteiger partial charge in [0, 0.05) is 18.0 Å². The number of benzene rings is 1. The van der Waals surface area contributed by atoms with Gasteiger partial charge in [0.15, 0.2) is 0 Å². The molecule has 2 aromatic rings. The van der Waals surface area contributed by atoms with E-state index >= 15 is 0 Å². The van der Waals surface area contributed by atoms with Crippen LogP contribution in [-0.4, -0.2) is 20.6 Å². The first kappa shape index (κ1) is 13.7. The number of thioether (sulfide) groups is 1. The number of hydrogen-bond donors (Lipinski definition) is 1. The smallest absolute Gasteiger partial charge is 0.0949 e. The Morgan fingerprint density at radius 1 is 1.35 bits per heavy atom. The lowest BCUT2D eigenvalue weighted by molar-refractivity contribution is 0.575. The van der Waals surface area contributed by atoms with Gasteiger partial charge < -0.3 is 10.3 Å². The monoisotopic (exact) mass is 287 g/mol. The maximum Gasteiger partial charge on any atom is 0.0949 e. The van der Waals surface area contributed by atoms with Gasteiger partial charge >= 0.3 is 0 Å². The fraction of sp³-hybridized carbons (Fsp3) is 0.438. The Kier molecular flexibility index (Phi) is 4.43. The number of aromatic nitrogens is 2. The molecule has 20 heavy (non-hydrogen) atoms. The molecule has 0 aliphatic carbocycles. The molecule has 0 spiro atoms. The van der Waals surface area contributed by atoms with Gasteiger partial charge in [-0.1, -0.05) is 30.3 Å². The molecule has 1 aromatic carbocycles. The van der Waals surface area contributed by atoms with Crippen molar-refractivity contribution >= 4 is 11.8 Å². The average molecular weight is 287 g/mol. The predicted octanol–water partition coefficient (Wildman–Crippen LogP) is 3.02. The Labute approximate surface area is 124 Å². The lowest BCUT2D eigenvalue weighted by Crippen LogP contribution is -2.20. The third kappa shape index (κ3) is 3.25. The van der Waals surface area contributed by atoms with Gasteiger partial charge in [-0.25, -0.2) is 4.98 Å². The topological polar surface area (TPSA) is 43.8 Å². The van der Waals surface area contributed by atoms with E-state index in [1.54, 1.807) is 0 Å². The van der Waals surface area contributed by atoms with Gasteiger partial charge in [0.25, 0.3) is 0 Å². The summed E-state index contributed by atoms with van der Waals surface area (Å²) in [6.45, 7) is 1.04. The highest BCUT2D eigenvalue weighted by Gasteiger charge is 2.19. The standard InChI is InChI=1S/C16H21N3S/c17-15(9-13-5-2-1-3-6-13)16-10-18-12-19(16)11-14-7-4-8-20-14/h1-3,5-6,10,12,14-15H,4,7-9,11,17H2/t14?,15-/m1/s1. The first-order valence-electron chi connectivity index (χ1n) is 7.24. The molecule has 4 heteroatoms. The maximum atomic E-state index is 6.38. The summed E-state index contributed by atoms with van der Waals surface area (Å²) in [5.74, 6) is 1.30. The van der Waals surface area contributed by atoms with Crippen LogP contribution in [-0.2, 0) is 13.0 Å². The number of rotatable bonds is 5. The normalized spacial score (nSPS) is 20.1. The minimum atomic E-state index is 0.0197. The molecule has 1 aliphatic heterocycles. The van der Waals surface area contributed by atoms with Gasteiger partial charge in [0.05, 0.1) is 18.1 Å². The van der Waals surface area contributed by atoms with Gasteiger partial charge in [-0.05, 0) is 30.6 Å². The second-order valence-electron chi connectivity index (χ2n) is 5.40. The van der Waals surface area contributed by atoms with Crippen molar-refractivity contribution in [2.45, 2.75) is 37.1 Å². The van der Waals surface area contributed by atoms with Crippen molar-refractivity contribution in [1.82, 2.24) is 9.55 Å². The fourth-order valence-corrected chi connectivity index (χ4v) is 4.04.